The van der Waals surface area contributed by atoms with E-state index in [0.29, 0.717) is 30.5 Å². The third kappa shape index (κ3) is 2.06. The average molecular weight is 330 g/mol. The number of Topliss-reactive ketones (excluding diaryl/α,β-unsaturated/α-hetero) is 1. The zero-order valence-corrected chi connectivity index (χ0v) is 15.2. The smallest absolute Gasteiger partial charge is 0.155 e. The lowest BCUT2D eigenvalue weighted by Gasteiger charge is -2.58. The fraction of sp³-hybridized carbons (Fsp3) is 0.810. The van der Waals surface area contributed by atoms with Crippen LogP contribution >= 0.6 is 0 Å². The van der Waals surface area contributed by atoms with Gasteiger partial charge in [0.2, 0.25) is 0 Å². The summed E-state index contributed by atoms with van der Waals surface area (Å²) in [6.07, 6.45) is 8.12. The lowest BCUT2D eigenvalue weighted by molar-refractivity contribution is -0.129. The molecule has 3 nitrogen and oxygen atoms in total. The summed E-state index contributed by atoms with van der Waals surface area (Å²) in [6, 6.07) is 0. The summed E-state index contributed by atoms with van der Waals surface area (Å²) in [5.74, 6) is 1.88. The summed E-state index contributed by atoms with van der Waals surface area (Å²) in [5, 5.41) is 10.8. The predicted molar refractivity (Wildman–Crippen MR) is 92.3 cm³/mol. The maximum Gasteiger partial charge on any atom is 0.155 e. The van der Waals surface area contributed by atoms with E-state index < -0.39 is 0 Å². The van der Waals surface area contributed by atoms with Crippen LogP contribution in [0.15, 0.2) is 11.6 Å². The molecule has 0 aromatic heterocycles. The van der Waals surface area contributed by atoms with Crippen molar-refractivity contribution in [3.05, 3.63) is 11.6 Å². The molecule has 3 heteroatoms. The standard InChI is InChI=1S/C21H30O3/c1-12(22)17-11-18(24)19-15-5-4-13-10-14(23)6-8-20(13,2)16(15)7-9-21(17,19)3/h10,15-19,24H,4-9,11H2,1-3H3/t15-,16+,17-,18+,19-,20+,21-/m1/s1. The van der Waals surface area contributed by atoms with E-state index in [2.05, 4.69) is 13.8 Å². The minimum absolute atomic E-state index is 0.0242. The van der Waals surface area contributed by atoms with Gasteiger partial charge >= 0.3 is 0 Å². The Labute approximate surface area is 144 Å². The van der Waals surface area contributed by atoms with Gasteiger partial charge in [-0.05, 0) is 80.1 Å². The second kappa shape index (κ2) is 5.27. The van der Waals surface area contributed by atoms with Crippen molar-refractivity contribution in [3.63, 3.8) is 0 Å². The molecule has 7 atom stereocenters. The molecule has 0 aliphatic heterocycles. The maximum absolute atomic E-state index is 12.2. The summed E-state index contributed by atoms with van der Waals surface area (Å²) < 4.78 is 0. The Morgan fingerprint density at radius 1 is 1.21 bits per heavy atom. The van der Waals surface area contributed by atoms with Crippen LogP contribution in [-0.2, 0) is 9.59 Å². The fourth-order valence-electron chi connectivity index (χ4n) is 7.26. The zero-order chi connectivity index (χ0) is 17.3. The number of allylic oxidation sites excluding steroid dienone is 1. The van der Waals surface area contributed by atoms with Crippen LogP contribution in [0.2, 0.25) is 0 Å². The van der Waals surface area contributed by atoms with E-state index >= 15 is 0 Å². The Morgan fingerprint density at radius 2 is 1.96 bits per heavy atom. The van der Waals surface area contributed by atoms with Crippen molar-refractivity contribution < 1.29 is 14.7 Å². The van der Waals surface area contributed by atoms with Gasteiger partial charge in [0.25, 0.3) is 0 Å². The van der Waals surface area contributed by atoms with E-state index in [0.717, 1.165) is 32.1 Å². The Kier molecular flexibility index (Phi) is 3.62. The van der Waals surface area contributed by atoms with E-state index in [1.165, 1.54) is 5.57 Å². The second-order valence-corrected chi connectivity index (χ2v) is 9.40. The molecule has 4 rings (SSSR count). The number of carbonyl (C=O) groups is 2. The van der Waals surface area contributed by atoms with Crippen molar-refractivity contribution in [1.29, 1.82) is 0 Å². The van der Waals surface area contributed by atoms with Gasteiger partial charge in [0.15, 0.2) is 5.78 Å². The Bertz CT molecular complexity index is 621. The molecular weight excluding hydrogens is 300 g/mol. The number of aliphatic hydroxyl groups excluding tert-OH is 1. The molecule has 0 radical (unpaired) electrons. The lowest BCUT2D eigenvalue weighted by atomic mass is 9.46. The van der Waals surface area contributed by atoms with Gasteiger partial charge in [-0.25, -0.2) is 0 Å². The minimum Gasteiger partial charge on any atom is -0.393 e. The third-order valence-electron chi connectivity index (χ3n) is 8.44. The first kappa shape index (κ1) is 16.5. The van der Waals surface area contributed by atoms with Crippen molar-refractivity contribution in [1.82, 2.24) is 0 Å². The quantitative estimate of drug-likeness (QED) is 0.797. The highest BCUT2D eigenvalue weighted by Gasteiger charge is 2.62. The van der Waals surface area contributed by atoms with E-state index in [9.17, 15) is 14.7 Å². The number of ketones is 2. The molecule has 3 fully saturated rings. The molecule has 0 aromatic carbocycles. The van der Waals surface area contributed by atoms with E-state index in [1.807, 2.05) is 6.08 Å². The molecule has 0 aromatic rings. The molecule has 0 heterocycles. The molecule has 0 amide bonds. The van der Waals surface area contributed by atoms with Crippen LogP contribution in [0.4, 0.5) is 0 Å². The van der Waals surface area contributed by atoms with Crippen molar-refractivity contribution in [3.8, 4) is 0 Å². The van der Waals surface area contributed by atoms with Gasteiger partial charge in [-0.2, -0.15) is 0 Å². The van der Waals surface area contributed by atoms with Gasteiger partial charge in [0.1, 0.15) is 5.78 Å². The molecule has 4 aliphatic rings. The molecule has 24 heavy (non-hydrogen) atoms. The monoisotopic (exact) mass is 330 g/mol. The van der Waals surface area contributed by atoms with E-state index in [-0.39, 0.29) is 34.6 Å². The van der Waals surface area contributed by atoms with Crippen molar-refractivity contribution >= 4 is 11.6 Å². The van der Waals surface area contributed by atoms with Crippen LogP contribution in [0, 0.1) is 34.5 Å². The van der Waals surface area contributed by atoms with Gasteiger partial charge in [0, 0.05) is 12.3 Å². The highest BCUT2D eigenvalue weighted by Crippen LogP contribution is 2.66. The molecule has 132 valence electrons. The first-order valence-electron chi connectivity index (χ1n) is 9.70. The van der Waals surface area contributed by atoms with Crippen molar-refractivity contribution in [2.75, 3.05) is 0 Å². The number of aliphatic hydroxyl groups is 1. The molecular formula is C21H30O3. The highest BCUT2D eigenvalue weighted by atomic mass is 16.3. The van der Waals surface area contributed by atoms with Gasteiger partial charge in [0.05, 0.1) is 6.10 Å². The second-order valence-electron chi connectivity index (χ2n) is 9.40. The molecule has 3 saturated carbocycles. The molecule has 0 bridgehead atoms. The molecule has 0 spiro atoms. The Balaban J connectivity index is 1.70. The van der Waals surface area contributed by atoms with Crippen LogP contribution in [0.5, 0.6) is 0 Å². The minimum atomic E-state index is -0.337. The molecule has 0 unspecified atom stereocenters. The first-order valence-corrected chi connectivity index (χ1v) is 9.70. The van der Waals surface area contributed by atoms with Crippen molar-refractivity contribution in [2.24, 2.45) is 34.5 Å². The Hall–Kier alpha value is -0.960. The highest BCUT2D eigenvalue weighted by molar-refractivity contribution is 5.91. The molecule has 0 saturated heterocycles. The number of rotatable bonds is 1. The van der Waals surface area contributed by atoms with Crippen LogP contribution < -0.4 is 0 Å². The summed E-state index contributed by atoms with van der Waals surface area (Å²) in [4.78, 5) is 24.1. The first-order chi connectivity index (χ1) is 11.3. The third-order valence-corrected chi connectivity index (χ3v) is 8.44. The number of carbonyl (C=O) groups excluding carboxylic acids is 2. The number of fused-ring (bicyclic) bond motifs is 5. The molecule has 4 aliphatic carbocycles. The van der Waals surface area contributed by atoms with Crippen LogP contribution in [0.25, 0.3) is 0 Å². The SMILES string of the molecule is CC(=O)[C@H]1C[C@H](O)[C@H]2[C@@H]3CCC4=CC(=O)CC[C@]4(C)[C@H]3CC[C@@]21C. The van der Waals surface area contributed by atoms with Gasteiger partial charge in [-0.3, -0.25) is 9.59 Å². The van der Waals surface area contributed by atoms with Crippen molar-refractivity contribution in [2.45, 2.75) is 71.8 Å². The van der Waals surface area contributed by atoms with E-state index in [4.69, 9.17) is 0 Å². The predicted octanol–water partition coefficient (Wildman–Crippen LogP) is 3.69. The molecule has 1 N–H and O–H groups in total. The number of hydrogen-bond donors (Lipinski definition) is 1. The normalized spacial score (nSPS) is 50.6. The van der Waals surface area contributed by atoms with Crippen LogP contribution in [-0.4, -0.2) is 22.8 Å². The Morgan fingerprint density at radius 3 is 2.67 bits per heavy atom. The topological polar surface area (TPSA) is 54.4 Å². The van der Waals surface area contributed by atoms with Crippen LogP contribution in [0.1, 0.15) is 65.7 Å². The maximum atomic E-state index is 12.2. The summed E-state index contributed by atoms with van der Waals surface area (Å²) in [7, 11) is 0. The van der Waals surface area contributed by atoms with Gasteiger partial charge in [-0.15, -0.1) is 0 Å². The van der Waals surface area contributed by atoms with Crippen LogP contribution in [0.3, 0.4) is 0 Å². The van der Waals surface area contributed by atoms with Gasteiger partial charge < -0.3 is 5.11 Å². The largest absolute Gasteiger partial charge is 0.393 e. The zero-order valence-electron chi connectivity index (χ0n) is 15.2. The fourth-order valence-corrected chi connectivity index (χ4v) is 7.26. The van der Waals surface area contributed by atoms with Gasteiger partial charge in [-0.1, -0.05) is 19.4 Å². The number of hydrogen-bond acceptors (Lipinski definition) is 3. The van der Waals surface area contributed by atoms with E-state index in [1.54, 1.807) is 6.92 Å². The summed E-state index contributed by atoms with van der Waals surface area (Å²) in [6.45, 7) is 6.32. The lowest BCUT2D eigenvalue weighted by Crippen LogP contribution is -2.52. The summed E-state index contributed by atoms with van der Waals surface area (Å²) in [5.41, 5.74) is 1.46. The average Bonchev–Trinajstić information content (AvgIpc) is 2.80. The summed E-state index contributed by atoms with van der Waals surface area (Å²) >= 11 is 0.